The quantitative estimate of drug-likeness (QED) is 0.514. The van der Waals surface area contributed by atoms with Gasteiger partial charge < -0.3 is 9.84 Å². The zero-order chi connectivity index (χ0) is 18.1. The molecular formula is C21H24FNO2. The zero-order valence-electron chi connectivity index (χ0n) is 14.5. The number of benzene rings is 1. The van der Waals surface area contributed by atoms with Gasteiger partial charge in [-0.05, 0) is 43.9 Å². The molecule has 0 fully saturated rings. The molecule has 2 aromatic rings. The Kier molecular flexibility index (Phi) is 7.36. The highest BCUT2D eigenvalue weighted by molar-refractivity contribution is 5.65. The molecule has 3 nitrogen and oxygen atoms in total. The molecule has 0 aliphatic heterocycles. The van der Waals surface area contributed by atoms with Crippen LogP contribution in [0, 0.1) is 5.82 Å². The molecule has 1 aromatic heterocycles. The molecule has 0 radical (unpaired) electrons. The summed E-state index contributed by atoms with van der Waals surface area (Å²) in [5, 5.41) is 9.21. The van der Waals surface area contributed by atoms with Crippen LogP contribution in [-0.2, 0) is 0 Å². The fourth-order valence-corrected chi connectivity index (χ4v) is 2.36. The van der Waals surface area contributed by atoms with Gasteiger partial charge in [-0.1, -0.05) is 36.9 Å². The maximum atomic E-state index is 14.3. The Bertz CT molecular complexity index is 708. The number of unbranched alkanes of at least 4 members (excludes halogenated alkanes) is 1. The third-order valence-electron chi connectivity index (χ3n) is 3.71. The van der Waals surface area contributed by atoms with E-state index < -0.39 is 0 Å². The monoisotopic (exact) mass is 341 g/mol. The summed E-state index contributed by atoms with van der Waals surface area (Å²) < 4.78 is 19.6. The highest BCUT2D eigenvalue weighted by Gasteiger charge is 2.04. The third-order valence-corrected chi connectivity index (χ3v) is 3.71. The average molecular weight is 341 g/mol. The summed E-state index contributed by atoms with van der Waals surface area (Å²) in [5.74, 6) is 0.247. The second-order valence-electron chi connectivity index (χ2n) is 5.90. The Balaban J connectivity index is 2.00. The molecule has 0 bridgehead atoms. The minimum absolute atomic E-state index is 0.267. The van der Waals surface area contributed by atoms with E-state index in [9.17, 15) is 9.50 Å². The SMILES string of the molecule is C=CCOc1ccc(-c2ccc(C=CCCCC(C)O)c(F)c2)cn1. The molecule has 0 aliphatic carbocycles. The molecule has 0 saturated carbocycles. The molecule has 0 amide bonds. The van der Waals surface area contributed by atoms with Crippen LogP contribution in [0.2, 0.25) is 0 Å². The maximum absolute atomic E-state index is 14.3. The number of allylic oxidation sites excluding steroid dienone is 1. The van der Waals surface area contributed by atoms with E-state index >= 15 is 0 Å². The first-order valence-corrected chi connectivity index (χ1v) is 8.44. The van der Waals surface area contributed by atoms with Crippen LogP contribution in [0.25, 0.3) is 17.2 Å². The number of hydrogen-bond donors (Lipinski definition) is 1. The van der Waals surface area contributed by atoms with Crippen molar-refractivity contribution < 1.29 is 14.2 Å². The van der Waals surface area contributed by atoms with Gasteiger partial charge in [0.25, 0.3) is 0 Å². The van der Waals surface area contributed by atoms with Gasteiger partial charge in [0.1, 0.15) is 12.4 Å². The lowest BCUT2D eigenvalue weighted by Crippen LogP contribution is -1.97. The molecule has 1 unspecified atom stereocenters. The van der Waals surface area contributed by atoms with E-state index in [4.69, 9.17) is 4.74 Å². The number of pyridine rings is 1. The van der Waals surface area contributed by atoms with E-state index in [0.29, 0.717) is 18.1 Å². The van der Waals surface area contributed by atoms with Crippen molar-refractivity contribution in [3.8, 4) is 17.0 Å². The van der Waals surface area contributed by atoms with Gasteiger partial charge in [0, 0.05) is 23.4 Å². The fourth-order valence-electron chi connectivity index (χ4n) is 2.36. The first-order chi connectivity index (χ1) is 12.1. The van der Waals surface area contributed by atoms with E-state index in [2.05, 4.69) is 11.6 Å². The van der Waals surface area contributed by atoms with Crippen LogP contribution in [0.5, 0.6) is 5.88 Å². The van der Waals surface area contributed by atoms with E-state index in [0.717, 1.165) is 30.4 Å². The molecule has 132 valence electrons. The topological polar surface area (TPSA) is 42.4 Å². The van der Waals surface area contributed by atoms with E-state index in [-0.39, 0.29) is 11.9 Å². The van der Waals surface area contributed by atoms with Crippen molar-refractivity contribution in [1.82, 2.24) is 4.98 Å². The number of aromatic nitrogens is 1. The van der Waals surface area contributed by atoms with Crippen molar-refractivity contribution in [3.05, 3.63) is 66.6 Å². The summed E-state index contributed by atoms with van der Waals surface area (Å²) in [5.41, 5.74) is 2.16. The van der Waals surface area contributed by atoms with Crippen LogP contribution >= 0.6 is 0 Å². The molecule has 4 heteroatoms. The maximum Gasteiger partial charge on any atom is 0.213 e. The van der Waals surface area contributed by atoms with Gasteiger partial charge in [-0.25, -0.2) is 9.37 Å². The number of nitrogens with zero attached hydrogens (tertiary/aromatic N) is 1. The first kappa shape index (κ1) is 18.9. The molecular weight excluding hydrogens is 317 g/mol. The molecule has 1 N–H and O–H groups in total. The number of aliphatic hydroxyl groups is 1. The number of halogens is 1. The Morgan fingerprint density at radius 1 is 1.28 bits per heavy atom. The summed E-state index contributed by atoms with van der Waals surface area (Å²) in [6.45, 7) is 5.76. The van der Waals surface area contributed by atoms with Crippen LogP contribution in [0.3, 0.4) is 0 Å². The summed E-state index contributed by atoms with van der Waals surface area (Å²) in [7, 11) is 0. The Labute approximate surface area is 148 Å². The van der Waals surface area contributed by atoms with Crippen molar-refractivity contribution >= 4 is 6.08 Å². The molecule has 0 aliphatic rings. The minimum atomic E-state index is -0.286. The van der Waals surface area contributed by atoms with Gasteiger partial charge in [0.15, 0.2) is 0 Å². The molecule has 1 aromatic carbocycles. The number of aliphatic hydroxyl groups excluding tert-OH is 1. The number of hydrogen-bond acceptors (Lipinski definition) is 3. The predicted molar refractivity (Wildman–Crippen MR) is 99.9 cm³/mol. The largest absolute Gasteiger partial charge is 0.473 e. The Hall–Kier alpha value is -2.46. The number of ether oxygens (including phenoxy) is 1. The van der Waals surface area contributed by atoms with Crippen LogP contribution in [0.4, 0.5) is 4.39 Å². The smallest absolute Gasteiger partial charge is 0.213 e. The normalized spacial score (nSPS) is 12.3. The minimum Gasteiger partial charge on any atom is -0.473 e. The van der Waals surface area contributed by atoms with Gasteiger partial charge in [-0.2, -0.15) is 0 Å². The molecule has 0 saturated heterocycles. The molecule has 0 spiro atoms. The van der Waals surface area contributed by atoms with Gasteiger partial charge >= 0.3 is 0 Å². The van der Waals surface area contributed by atoms with Crippen molar-refractivity contribution in [2.24, 2.45) is 0 Å². The van der Waals surface area contributed by atoms with Gasteiger partial charge in [0.2, 0.25) is 5.88 Å². The standard InChI is InChI=1S/C21H24FNO2/c1-3-13-25-21-12-11-19(15-23-21)18-10-9-17(20(22)14-18)8-6-4-5-7-16(2)24/h3,6,8-12,14-16,24H,1,4-5,7,13H2,2H3. The molecule has 25 heavy (non-hydrogen) atoms. The summed E-state index contributed by atoms with van der Waals surface area (Å²) in [6.07, 6.45) is 9.22. The van der Waals surface area contributed by atoms with Crippen molar-refractivity contribution in [3.63, 3.8) is 0 Å². The lowest BCUT2D eigenvalue weighted by molar-refractivity contribution is 0.182. The number of rotatable bonds is 9. The highest BCUT2D eigenvalue weighted by atomic mass is 19.1. The summed E-state index contributed by atoms with van der Waals surface area (Å²) in [4.78, 5) is 4.20. The van der Waals surface area contributed by atoms with Gasteiger partial charge in [-0.3, -0.25) is 0 Å². The zero-order valence-corrected chi connectivity index (χ0v) is 14.5. The van der Waals surface area contributed by atoms with E-state index in [1.165, 1.54) is 6.07 Å². The predicted octanol–water partition coefficient (Wildman–Crippen LogP) is 5.02. The van der Waals surface area contributed by atoms with E-state index in [1.54, 1.807) is 37.4 Å². The van der Waals surface area contributed by atoms with Gasteiger partial charge in [0.05, 0.1) is 6.10 Å². The molecule has 1 heterocycles. The van der Waals surface area contributed by atoms with Gasteiger partial charge in [-0.15, -0.1) is 0 Å². The lowest BCUT2D eigenvalue weighted by atomic mass is 10.0. The third kappa shape index (κ3) is 6.16. The summed E-state index contributed by atoms with van der Waals surface area (Å²) >= 11 is 0. The average Bonchev–Trinajstić information content (AvgIpc) is 2.61. The second-order valence-corrected chi connectivity index (χ2v) is 5.90. The van der Waals surface area contributed by atoms with Crippen LogP contribution < -0.4 is 4.74 Å². The first-order valence-electron chi connectivity index (χ1n) is 8.44. The summed E-state index contributed by atoms with van der Waals surface area (Å²) in [6, 6.07) is 8.76. The van der Waals surface area contributed by atoms with Crippen LogP contribution in [0.1, 0.15) is 31.7 Å². The van der Waals surface area contributed by atoms with Crippen LogP contribution in [-0.4, -0.2) is 22.8 Å². The highest BCUT2D eigenvalue weighted by Crippen LogP contribution is 2.23. The molecule has 1 atom stereocenters. The van der Waals surface area contributed by atoms with E-state index in [1.807, 2.05) is 18.2 Å². The van der Waals surface area contributed by atoms with Crippen molar-refractivity contribution in [2.75, 3.05) is 6.61 Å². The lowest BCUT2D eigenvalue weighted by Gasteiger charge is -2.06. The second kappa shape index (κ2) is 9.74. The van der Waals surface area contributed by atoms with Crippen LogP contribution in [0.15, 0.2) is 55.3 Å². The Morgan fingerprint density at radius 2 is 2.08 bits per heavy atom. The van der Waals surface area contributed by atoms with Crippen molar-refractivity contribution in [2.45, 2.75) is 32.3 Å². The molecule has 2 rings (SSSR count). The fraction of sp³-hybridized carbons (Fsp3) is 0.286. The Morgan fingerprint density at radius 3 is 2.72 bits per heavy atom. The van der Waals surface area contributed by atoms with Crippen molar-refractivity contribution in [1.29, 1.82) is 0 Å².